The third kappa shape index (κ3) is 4.99. The van der Waals surface area contributed by atoms with Crippen LogP contribution in [0, 0.1) is 0 Å². The second-order valence-corrected chi connectivity index (χ2v) is 7.45. The normalized spacial score (nSPS) is 12.0. The van der Waals surface area contributed by atoms with E-state index in [0.29, 0.717) is 16.8 Å². The third-order valence-electron chi connectivity index (χ3n) is 3.05. The van der Waals surface area contributed by atoms with Crippen molar-refractivity contribution in [3.8, 4) is 5.75 Å². The zero-order chi connectivity index (χ0) is 15.9. The zero-order valence-electron chi connectivity index (χ0n) is 12.8. The van der Waals surface area contributed by atoms with Crippen LogP contribution < -0.4 is 10.1 Å². The van der Waals surface area contributed by atoms with Crippen LogP contribution in [0.15, 0.2) is 28.6 Å². The van der Waals surface area contributed by atoms with Crippen molar-refractivity contribution in [1.82, 2.24) is 10.2 Å². The Hall–Kier alpha value is -1.60. The molecule has 0 saturated heterocycles. The number of ether oxygens (including phenoxy) is 1. The standard InChI is InChI=1S/C15H19N3O2S2/c1-4-10(2)21-15-18-17-14(22-15)16-13(19)9-11-5-7-12(20-3)8-6-11/h5-8,10H,4,9H2,1-3H3,(H,16,17,19). The maximum Gasteiger partial charge on any atom is 0.230 e. The maximum atomic E-state index is 12.0. The van der Waals surface area contributed by atoms with Gasteiger partial charge in [0.25, 0.3) is 0 Å². The van der Waals surface area contributed by atoms with Gasteiger partial charge in [-0.25, -0.2) is 0 Å². The van der Waals surface area contributed by atoms with Gasteiger partial charge in [-0.3, -0.25) is 4.79 Å². The zero-order valence-corrected chi connectivity index (χ0v) is 14.5. The molecule has 0 fully saturated rings. The van der Waals surface area contributed by atoms with E-state index >= 15 is 0 Å². The van der Waals surface area contributed by atoms with E-state index < -0.39 is 0 Å². The quantitative estimate of drug-likeness (QED) is 0.617. The Labute approximate surface area is 138 Å². The van der Waals surface area contributed by atoms with Gasteiger partial charge in [0.15, 0.2) is 4.34 Å². The lowest BCUT2D eigenvalue weighted by atomic mass is 10.1. The summed E-state index contributed by atoms with van der Waals surface area (Å²) in [4.78, 5) is 12.0. The minimum atomic E-state index is -0.0959. The van der Waals surface area contributed by atoms with Gasteiger partial charge in [0, 0.05) is 5.25 Å². The number of rotatable bonds is 7. The van der Waals surface area contributed by atoms with Crippen LogP contribution in [0.3, 0.4) is 0 Å². The minimum Gasteiger partial charge on any atom is -0.497 e. The first kappa shape index (κ1) is 16.8. The number of methoxy groups -OCH3 is 1. The summed E-state index contributed by atoms with van der Waals surface area (Å²) in [6.07, 6.45) is 1.38. The Morgan fingerprint density at radius 2 is 2.09 bits per heavy atom. The van der Waals surface area contributed by atoms with Crippen LogP contribution in [0.2, 0.25) is 0 Å². The number of aromatic nitrogens is 2. The van der Waals surface area contributed by atoms with Crippen molar-refractivity contribution in [1.29, 1.82) is 0 Å². The van der Waals surface area contributed by atoms with E-state index in [4.69, 9.17) is 4.74 Å². The molecule has 2 rings (SSSR count). The highest BCUT2D eigenvalue weighted by Gasteiger charge is 2.11. The third-order valence-corrected chi connectivity index (χ3v) is 5.24. The van der Waals surface area contributed by atoms with Gasteiger partial charge in [0.2, 0.25) is 11.0 Å². The molecule has 1 amide bonds. The number of anilines is 1. The van der Waals surface area contributed by atoms with Gasteiger partial charge in [0.05, 0.1) is 13.5 Å². The number of carbonyl (C=O) groups excluding carboxylic acids is 1. The number of hydrogen-bond donors (Lipinski definition) is 1. The molecule has 0 radical (unpaired) electrons. The van der Waals surface area contributed by atoms with Crippen LogP contribution in [-0.4, -0.2) is 28.5 Å². The monoisotopic (exact) mass is 337 g/mol. The molecule has 0 saturated carbocycles. The van der Waals surface area contributed by atoms with E-state index in [1.54, 1.807) is 18.9 Å². The van der Waals surface area contributed by atoms with Crippen LogP contribution >= 0.6 is 23.1 Å². The molecule has 1 heterocycles. The average Bonchev–Trinajstić information content (AvgIpc) is 2.94. The Bertz CT molecular complexity index is 614. The number of nitrogens with zero attached hydrogens (tertiary/aromatic N) is 2. The fourth-order valence-corrected chi connectivity index (χ4v) is 3.67. The lowest BCUT2D eigenvalue weighted by molar-refractivity contribution is -0.115. The number of benzene rings is 1. The predicted octanol–water partition coefficient (Wildman–Crippen LogP) is 3.62. The molecule has 0 spiro atoms. The Kier molecular flexibility index (Phi) is 6.21. The van der Waals surface area contributed by atoms with Gasteiger partial charge in [-0.2, -0.15) is 0 Å². The van der Waals surface area contributed by atoms with Crippen LogP contribution in [0.5, 0.6) is 5.75 Å². The molecule has 0 bridgehead atoms. The smallest absolute Gasteiger partial charge is 0.230 e. The molecule has 7 heteroatoms. The summed E-state index contributed by atoms with van der Waals surface area (Å²) in [6.45, 7) is 4.28. The van der Waals surface area contributed by atoms with Crippen molar-refractivity contribution in [2.75, 3.05) is 12.4 Å². The van der Waals surface area contributed by atoms with E-state index in [1.165, 1.54) is 11.3 Å². The first-order valence-electron chi connectivity index (χ1n) is 7.03. The van der Waals surface area contributed by atoms with E-state index in [2.05, 4.69) is 29.4 Å². The van der Waals surface area contributed by atoms with Crippen LogP contribution in [0.25, 0.3) is 0 Å². The van der Waals surface area contributed by atoms with Gasteiger partial charge in [0.1, 0.15) is 5.75 Å². The van der Waals surface area contributed by atoms with Gasteiger partial charge < -0.3 is 10.1 Å². The SMILES string of the molecule is CCC(C)Sc1nnc(NC(=O)Cc2ccc(OC)cc2)s1. The lowest BCUT2D eigenvalue weighted by Gasteiger charge is -2.03. The van der Waals surface area contributed by atoms with Crippen LogP contribution in [0.4, 0.5) is 5.13 Å². The lowest BCUT2D eigenvalue weighted by Crippen LogP contribution is -2.14. The number of amides is 1. The molecule has 0 aliphatic heterocycles. The molecule has 1 aromatic carbocycles. The molecule has 1 atom stereocenters. The summed E-state index contributed by atoms with van der Waals surface area (Å²) in [5, 5.41) is 11.9. The highest BCUT2D eigenvalue weighted by atomic mass is 32.2. The molecule has 1 N–H and O–H groups in total. The topological polar surface area (TPSA) is 64.1 Å². The van der Waals surface area contributed by atoms with Gasteiger partial charge in [-0.15, -0.1) is 10.2 Å². The number of hydrogen-bond acceptors (Lipinski definition) is 6. The molecule has 118 valence electrons. The van der Waals surface area contributed by atoms with Crippen molar-refractivity contribution < 1.29 is 9.53 Å². The predicted molar refractivity (Wildman–Crippen MR) is 90.8 cm³/mol. The van der Waals surface area contributed by atoms with E-state index in [-0.39, 0.29) is 5.91 Å². The maximum absolute atomic E-state index is 12.0. The van der Waals surface area contributed by atoms with E-state index in [1.807, 2.05) is 24.3 Å². The summed E-state index contributed by atoms with van der Waals surface area (Å²) >= 11 is 3.09. The Balaban J connectivity index is 1.88. The molecule has 2 aromatic rings. The van der Waals surface area contributed by atoms with Crippen molar-refractivity contribution >= 4 is 34.1 Å². The van der Waals surface area contributed by atoms with Crippen molar-refractivity contribution in [2.24, 2.45) is 0 Å². The number of thioether (sulfide) groups is 1. The molecular formula is C15H19N3O2S2. The summed E-state index contributed by atoms with van der Waals surface area (Å²) in [7, 11) is 1.62. The van der Waals surface area contributed by atoms with Crippen molar-refractivity contribution in [2.45, 2.75) is 36.3 Å². The van der Waals surface area contributed by atoms with Gasteiger partial charge >= 0.3 is 0 Å². The van der Waals surface area contributed by atoms with Crippen molar-refractivity contribution in [3.05, 3.63) is 29.8 Å². The van der Waals surface area contributed by atoms with Gasteiger partial charge in [-0.1, -0.05) is 49.1 Å². The largest absolute Gasteiger partial charge is 0.497 e. The first-order valence-corrected chi connectivity index (χ1v) is 8.73. The summed E-state index contributed by atoms with van der Waals surface area (Å²) in [6, 6.07) is 7.44. The fraction of sp³-hybridized carbons (Fsp3) is 0.400. The van der Waals surface area contributed by atoms with Crippen LogP contribution in [-0.2, 0) is 11.2 Å². The average molecular weight is 337 g/mol. The molecule has 22 heavy (non-hydrogen) atoms. The Morgan fingerprint density at radius 1 is 1.36 bits per heavy atom. The van der Waals surface area contributed by atoms with E-state index in [0.717, 1.165) is 22.1 Å². The molecule has 5 nitrogen and oxygen atoms in total. The fourth-order valence-electron chi connectivity index (χ4n) is 1.66. The Morgan fingerprint density at radius 3 is 2.73 bits per heavy atom. The van der Waals surface area contributed by atoms with Crippen molar-refractivity contribution in [3.63, 3.8) is 0 Å². The van der Waals surface area contributed by atoms with Gasteiger partial charge in [-0.05, 0) is 24.1 Å². The molecule has 1 unspecified atom stereocenters. The second kappa shape index (κ2) is 8.14. The number of nitrogens with one attached hydrogen (secondary N) is 1. The molecule has 0 aliphatic rings. The molecule has 0 aliphatic carbocycles. The number of carbonyl (C=O) groups is 1. The van der Waals surface area contributed by atoms with E-state index in [9.17, 15) is 4.79 Å². The molecule has 1 aromatic heterocycles. The first-order chi connectivity index (χ1) is 10.6. The highest BCUT2D eigenvalue weighted by Crippen LogP contribution is 2.29. The van der Waals surface area contributed by atoms with Crippen LogP contribution in [0.1, 0.15) is 25.8 Å². The highest BCUT2D eigenvalue weighted by molar-refractivity contribution is 8.01. The molecular weight excluding hydrogens is 318 g/mol. The summed E-state index contributed by atoms with van der Waals surface area (Å²) in [5.74, 6) is 0.682. The second-order valence-electron chi connectivity index (χ2n) is 4.78. The minimum absolute atomic E-state index is 0.0959. The summed E-state index contributed by atoms with van der Waals surface area (Å²) in [5.41, 5.74) is 0.928. The summed E-state index contributed by atoms with van der Waals surface area (Å²) < 4.78 is 5.98.